The number of ether oxygens (including phenoxy) is 5. The van der Waals surface area contributed by atoms with Gasteiger partial charge >= 0.3 is 11.9 Å². The van der Waals surface area contributed by atoms with Gasteiger partial charge in [0.15, 0.2) is 17.3 Å². The maximum Gasteiger partial charge on any atom is 0.317 e. The van der Waals surface area contributed by atoms with E-state index in [-0.39, 0.29) is 0 Å². The van der Waals surface area contributed by atoms with Crippen LogP contribution >= 0.6 is 0 Å². The van der Waals surface area contributed by atoms with Gasteiger partial charge in [0, 0.05) is 17.5 Å². The third-order valence-corrected chi connectivity index (χ3v) is 4.89. The minimum Gasteiger partial charge on any atom is -0.496 e. The second-order valence-corrected chi connectivity index (χ2v) is 6.27. The van der Waals surface area contributed by atoms with Crippen molar-refractivity contribution in [2.75, 3.05) is 35.5 Å². The van der Waals surface area contributed by atoms with Gasteiger partial charge in [0.2, 0.25) is 0 Å². The molecule has 0 aromatic heterocycles. The number of ketones is 1. The first kappa shape index (κ1) is 21.3. The summed E-state index contributed by atoms with van der Waals surface area (Å²) in [6.45, 7) is 1.65. The topological polar surface area (TPSA) is 97.4 Å². The molecule has 1 aromatic rings. The number of hydrogen-bond acceptors (Lipinski definition) is 8. The van der Waals surface area contributed by atoms with E-state index in [0.29, 0.717) is 28.4 Å². The Balaban J connectivity index is 2.80. The molecule has 0 aliphatic heterocycles. The third kappa shape index (κ3) is 3.67. The average Bonchev–Trinajstić information content (AvgIpc) is 2.70. The van der Waals surface area contributed by atoms with Crippen molar-refractivity contribution >= 4 is 17.7 Å². The number of rotatable bonds is 6. The quantitative estimate of drug-likeness (QED) is 0.535. The lowest BCUT2D eigenvalue weighted by Gasteiger charge is -2.35. The summed E-state index contributed by atoms with van der Waals surface area (Å²) in [5.74, 6) is -3.66. The highest BCUT2D eigenvalue weighted by molar-refractivity contribution is 6.08. The van der Waals surface area contributed by atoms with Crippen LogP contribution in [-0.4, -0.2) is 53.3 Å². The van der Waals surface area contributed by atoms with E-state index in [1.54, 1.807) is 19.1 Å². The summed E-state index contributed by atoms with van der Waals surface area (Å²) in [5, 5.41) is 0. The molecule has 28 heavy (non-hydrogen) atoms. The predicted molar refractivity (Wildman–Crippen MR) is 98.6 cm³/mol. The van der Waals surface area contributed by atoms with Crippen molar-refractivity contribution in [3.05, 3.63) is 29.3 Å². The molecule has 0 heterocycles. The number of hydrogen-bond donors (Lipinski definition) is 0. The monoisotopic (exact) mass is 392 g/mol. The van der Waals surface area contributed by atoms with E-state index < -0.39 is 35.5 Å². The zero-order chi connectivity index (χ0) is 21.0. The Bertz CT molecular complexity index is 811. The molecule has 3 unspecified atom stereocenters. The number of esters is 2. The molecule has 3 atom stereocenters. The Kier molecular flexibility index (Phi) is 6.66. The summed E-state index contributed by atoms with van der Waals surface area (Å²) in [4.78, 5) is 37.8. The molecule has 1 aliphatic carbocycles. The summed E-state index contributed by atoms with van der Waals surface area (Å²) in [6.07, 6.45) is 1.28. The highest BCUT2D eigenvalue weighted by atomic mass is 16.5. The van der Waals surface area contributed by atoms with Gasteiger partial charge in [0.05, 0.1) is 41.5 Å². The van der Waals surface area contributed by atoms with E-state index in [2.05, 4.69) is 0 Å². The highest BCUT2D eigenvalue weighted by Crippen LogP contribution is 2.48. The van der Waals surface area contributed by atoms with Crippen molar-refractivity contribution in [2.24, 2.45) is 11.8 Å². The number of carbonyl (C=O) groups excluding carboxylic acids is 3. The average molecular weight is 392 g/mol. The van der Waals surface area contributed by atoms with Crippen molar-refractivity contribution in [3.63, 3.8) is 0 Å². The van der Waals surface area contributed by atoms with E-state index in [1.807, 2.05) is 0 Å². The van der Waals surface area contributed by atoms with Crippen LogP contribution in [0.15, 0.2) is 23.8 Å². The van der Waals surface area contributed by atoms with Crippen LogP contribution in [0.1, 0.15) is 18.4 Å². The molecular formula is C20H24O8. The van der Waals surface area contributed by atoms with Crippen LogP contribution in [0.2, 0.25) is 0 Å². The van der Waals surface area contributed by atoms with Gasteiger partial charge in [0.25, 0.3) is 0 Å². The lowest BCUT2D eigenvalue weighted by molar-refractivity contribution is -0.152. The van der Waals surface area contributed by atoms with Crippen molar-refractivity contribution in [1.82, 2.24) is 0 Å². The minimum atomic E-state index is -1.23. The fourth-order valence-corrected chi connectivity index (χ4v) is 3.58. The van der Waals surface area contributed by atoms with E-state index in [4.69, 9.17) is 23.7 Å². The van der Waals surface area contributed by atoms with Crippen LogP contribution < -0.4 is 14.2 Å². The molecule has 0 N–H and O–H groups in total. The maximum absolute atomic E-state index is 12.7. The fourth-order valence-electron chi connectivity index (χ4n) is 3.58. The summed E-state index contributed by atoms with van der Waals surface area (Å²) >= 11 is 0. The molecule has 8 heteroatoms. The van der Waals surface area contributed by atoms with Gasteiger partial charge in [-0.2, -0.15) is 0 Å². The molecule has 152 valence electrons. The molecule has 0 saturated heterocycles. The van der Waals surface area contributed by atoms with Crippen LogP contribution in [-0.2, 0) is 23.9 Å². The van der Waals surface area contributed by atoms with E-state index in [9.17, 15) is 14.4 Å². The van der Waals surface area contributed by atoms with Gasteiger partial charge in [0.1, 0.15) is 11.7 Å². The minimum absolute atomic E-state index is 0.341. The Labute approximate surface area is 163 Å². The predicted octanol–water partition coefficient (Wildman–Crippen LogP) is 1.90. The second kappa shape index (κ2) is 8.77. The van der Waals surface area contributed by atoms with Crippen LogP contribution in [0.3, 0.4) is 0 Å². The third-order valence-electron chi connectivity index (χ3n) is 4.89. The lowest BCUT2D eigenvalue weighted by Crippen LogP contribution is -2.41. The Morgan fingerprint density at radius 2 is 1.29 bits per heavy atom. The van der Waals surface area contributed by atoms with Crippen LogP contribution in [0.5, 0.6) is 17.2 Å². The summed E-state index contributed by atoms with van der Waals surface area (Å²) in [7, 11) is 6.82. The highest BCUT2D eigenvalue weighted by Gasteiger charge is 2.48. The summed E-state index contributed by atoms with van der Waals surface area (Å²) < 4.78 is 25.9. The van der Waals surface area contributed by atoms with E-state index in [0.717, 1.165) is 0 Å². The van der Waals surface area contributed by atoms with Gasteiger partial charge in [-0.25, -0.2) is 0 Å². The first-order valence-corrected chi connectivity index (χ1v) is 8.52. The van der Waals surface area contributed by atoms with Gasteiger partial charge in [-0.3, -0.25) is 14.4 Å². The molecule has 0 spiro atoms. The first-order chi connectivity index (χ1) is 13.3. The zero-order valence-corrected chi connectivity index (χ0v) is 16.7. The van der Waals surface area contributed by atoms with Gasteiger partial charge in [-0.1, -0.05) is 5.57 Å². The standard InChI is InChI=1S/C20H24O8/c1-10-7-12(21)18(20(23)28-6)17(16(10)19(22)27-5)11-8-14(25-3)15(26-4)9-13(11)24-2/h7-9,16-18H,1-6H3. The first-order valence-electron chi connectivity index (χ1n) is 8.52. The smallest absolute Gasteiger partial charge is 0.317 e. The zero-order valence-electron chi connectivity index (χ0n) is 16.7. The SMILES string of the molecule is COC(=O)C1C(=O)C=C(C)C(C(=O)OC)C1c1cc(OC)c(OC)cc1OC. The molecule has 1 aliphatic rings. The largest absolute Gasteiger partial charge is 0.496 e. The number of carbonyl (C=O) groups is 3. The lowest BCUT2D eigenvalue weighted by atomic mass is 9.68. The molecule has 0 bridgehead atoms. The molecule has 2 rings (SSSR count). The number of allylic oxidation sites excluding steroid dienone is 1. The van der Waals surface area contributed by atoms with Crippen molar-refractivity contribution in [1.29, 1.82) is 0 Å². The molecule has 0 saturated carbocycles. The van der Waals surface area contributed by atoms with Crippen LogP contribution in [0, 0.1) is 11.8 Å². The normalized spacial score (nSPS) is 21.4. The summed E-state index contributed by atoms with van der Waals surface area (Å²) in [5.41, 5.74) is 0.922. The second-order valence-electron chi connectivity index (χ2n) is 6.27. The van der Waals surface area contributed by atoms with E-state index >= 15 is 0 Å². The van der Waals surface area contributed by atoms with Gasteiger partial charge in [-0.15, -0.1) is 0 Å². The maximum atomic E-state index is 12.7. The summed E-state index contributed by atoms with van der Waals surface area (Å²) in [6, 6.07) is 3.18. The van der Waals surface area contributed by atoms with Gasteiger partial charge in [-0.05, 0) is 19.1 Å². The molecular weight excluding hydrogens is 368 g/mol. The number of benzene rings is 1. The molecule has 0 fully saturated rings. The number of methoxy groups -OCH3 is 5. The van der Waals surface area contributed by atoms with E-state index in [1.165, 1.54) is 41.6 Å². The van der Waals surface area contributed by atoms with Crippen LogP contribution in [0.25, 0.3) is 0 Å². The molecule has 1 aromatic carbocycles. The van der Waals surface area contributed by atoms with Crippen LogP contribution in [0.4, 0.5) is 0 Å². The van der Waals surface area contributed by atoms with Gasteiger partial charge < -0.3 is 23.7 Å². The fraction of sp³-hybridized carbons (Fsp3) is 0.450. The molecule has 8 nitrogen and oxygen atoms in total. The van der Waals surface area contributed by atoms with Crippen molar-refractivity contribution in [2.45, 2.75) is 12.8 Å². The molecule has 0 amide bonds. The van der Waals surface area contributed by atoms with Crippen molar-refractivity contribution in [3.8, 4) is 17.2 Å². The Morgan fingerprint density at radius 3 is 1.79 bits per heavy atom. The van der Waals surface area contributed by atoms with Crippen molar-refractivity contribution < 1.29 is 38.1 Å². The Morgan fingerprint density at radius 1 is 0.786 bits per heavy atom. The molecule has 0 radical (unpaired) electrons. The Hall–Kier alpha value is -3.03.